The first-order valence-corrected chi connectivity index (χ1v) is 6.82. The number of benzene rings is 2. The second-order valence-electron chi connectivity index (χ2n) is 4.81. The second kappa shape index (κ2) is 6.97. The summed E-state index contributed by atoms with van der Waals surface area (Å²) >= 11 is 0. The lowest BCUT2D eigenvalue weighted by atomic mass is 10.1. The number of nitrogens with zero attached hydrogens (tertiary/aromatic N) is 1. The molecular weight excluding hydrogens is 269 g/mol. The van der Waals surface area contributed by atoms with E-state index in [1.807, 2.05) is 36.2 Å². The summed E-state index contributed by atoms with van der Waals surface area (Å²) in [4.78, 5) is 1.91. The van der Waals surface area contributed by atoms with E-state index in [-0.39, 0.29) is 5.82 Å². The second-order valence-corrected chi connectivity index (χ2v) is 4.81. The van der Waals surface area contributed by atoms with Crippen molar-refractivity contribution in [2.24, 2.45) is 0 Å². The molecule has 0 aromatic heterocycles. The molecular formula is C17H20FNO2. The van der Waals surface area contributed by atoms with E-state index in [4.69, 9.17) is 9.47 Å². The van der Waals surface area contributed by atoms with Crippen molar-refractivity contribution in [1.29, 1.82) is 0 Å². The predicted octanol–water partition coefficient (Wildman–Crippen LogP) is 3.52. The quantitative estimate of drug-likeness (QED) is 0.812. The maximum absolute atomic E-state index is 13.7. The van der Waals surface area contributed by atoms with Gasteiger partial charge in [0.15, 0.2) is 11.5 Å². The number of para-hydroxylation sites is 1. The van der Waals surface area contributed by atoms with Crippen LogP contribution in [0.15, 0.2) is 42.5 Å². The summed E-state index contributed by atoms with van der Waals surface area (Å²) in [6.07, 6.45) is 0.797. The zero-order valence-corrected chi connectivity index (χ0v) is 12.6. The van der Waals surface area contributed by atoms with Crippen molar-refractivity contribution < 1.29 is 13.9 Å². The van der Waals surface area contributed by atoms with E-state index in [2.05, 4.69) is 0 Å². The summed E-state index contributed by atoms with van der Waals surface area (Å²) in [6, 6.07) is 12.6. The smallest absolute Gasteiger partial charge is 0.160 e. The minimum atomic E-state index is -0.202. The first-order chi connectivity index (χ1) is 10.2. The number of methoxy groups -OCH3 is 2. The van der Waals surface area contributed by atoms with Crippen LogP contribution in [0.5, 0.6) is 11.5 Å². The van der Waals surface area contributed by atoms with Gasteiger partial charge in [0.2, 0.25) is 0 Å². The number of ether oxygens (including phenoxy) is 2. The molecule has 0 fully saturated rings. The van der Waals surface area contributed by atoms with Crippen LogP contribution in [0.2, 0.25) is 0 Å². The molecule has 0 bridgehead atoms. The number of hydrogen-bond donors (Lipinski definition) is 0. The van der Waals surface area contributed by atoms with Gasteiger partial charge >= 0.3 is 0 Å². The van der Waals surface area contributed by atoms with Gasteiger partial charge in [-0.15, -0.1) is 0 Å². The lowest BCUT2D eigenvalue weighted by Crippen LogP contribution is -2.21. The lowest BCUT2D eigenvalue weighted by Gasteiger charge is -2.20. The molecule has 0 aliphatic carbocycles. The Hall–Kier alpha value is -2.23. The molecule has 0 radical (unpaired) electrons. The minimum absolute atomic E-state index is 0.202. The lowest BCUT2D eigenvalue weighted by molar-refractivity contribution is 0.354. The molecule has 0 atom stereocenters. The Morgan fingerprint density at radius 3 is 2.38 bits per heavy atom. The van der Waals surface area contributed by atoms with Crippen LogP contribution < -0.4 is 14.4 Å². The van der Waals surface area contributed by atoms with Crippen LogP contribution in [0, 0.1) is 5.82 Å². The molecule has 0 heterocycles. The number of rotatable bonds is 6. The summed E-state index contributed by atoms with van der Waals surface area (Å²) in [7, 11) is 5.12. The summed E-state index contributed by atoms with van der Waals surface area (Å²) in [6.45, 7) is 0.719. The fourth-order valence-corrected chi connectivity index (χ4v) is 2.21. The molecule has 0 aliphatic rings. The predicted molar refractivity (Wildman–Crippen MR) is 82.9 cm³/mol. The number of likely N-dealkylation sites (N-methyl/N-ethyl adjacent to an activating group) is 1. The zero-order valence-electron chi connectivity index (χ0n) is 12.6. The van der Waals surface area contributed by atoms with Crippen molar-refractivity contribution in [2.75, 3.05) is 32.7 Å². The maximum atomic E-state index is 13.7. The Kier molecular flexibility index (Phi) is 5.04. The third-order valence-corrected chi connectivity index (χ3v) is 3.45. The van der Waals surface area contributed by atoms with Crippen LogP contribution in [0.4, 0.5) is 10.1 Å². The molecule has 0 saturated carbocycles. The molecule has 0 aliphatic heterocycles. The first kappa shape index (κ1) is 15.2. The SMILES string of the molecule is COc1ccc(CCN(C)c2ccccc2F)cc1OC. The van der Waals surface area contributed by atoms with Gasteiger partial charge in [-0.25, -0.2) is 4.39 Å². The van der Waals surface area contributed by atoms with Crippen molar-refractivity contribution in [1.82, 2.24) is 0 Å². The molecule has 0 amide bonds. The minimum Gasteiger partial charge on any atom is -0.493 e. The van der Waals surface area contributed by atoms with Gasteiger partial charge in [0.25, 0.3) is 0 Å². The van der Waals surface area contributed by atoms with Gasteiger partial charge in [0.1, 0.15) is 5.82 Å². The van der Waals surface area contributed by atoms with Gasteiger partial charge in [-0.1, -0.05) is 18.2 Å². The van der Waals surface area contributed by atoms with Gasteiger partial charge < -0.3 is 14.4 Å². The van der Waals surface area contributed by atoms with E-state index >= 15 is 0 Å². The van der Waals surface area contributed by atoms with Gasteiger partial charge in [-0.05, 0) is 36.2 Å². The van der Waals surface area contributed by atoms with E-state index in [1.165, 1.54) is 6.07 Å². The maximum Gasteiger partial charge on any atom is 0.160 e. The number of halogens is 1. The monoisotopic (exact) mass is 289 g/mol. The zero-order chi connectivity index (χ0) is 15.2. The Morgan fingerprint density at radius 1 is 1.00 bits per heavy atom. The average molecular weight is 289 g/mol. The summed E-state index contributed by atoms with van der Waals surface area (Å²) in [5.41, 5.74) is 1.73. The van der Waals surface area contributed by atoms with Crippen LogP contribution in [-0.2, 0) is 6.42 Å². The number of anilines is 1. The molecule has 4 heteroatoms. The molecule has 3 nitrogen and oxygen atoms in total. The van der Waals surface area contributed by atoms with Crippen LogP contribution >= 0.6 is 0 Å². The molecule has 2 aromatic rings. The van der Waals surface area contributed by atoms with Gasteiger partial charge in [-0.2, -0.15) is 0 Å². The van der Waals surface area contributed by atoms with Crippen molar-refractivity contribution >= 4 is 5.69 Å². The van der Waals surface area contributed by atoms with Gasteiger partial charge in [-0.3, -0.25) is 0 Å². The highest BCUT2D eigenvalue weighted by atomic mass is 19.1. The highest BCUT2D eigenvalue weighted by Crippen LogP contribution is 2.28. The Bertz CT molecular complexity index is 601. The van der Waals surface area contributed by atoms with E-state index in [0.29, 0.717) is 17.2 Å². The normalized spacial score (nSPS) is 10.3. The number of hydrogen-bond acceptors (Lipinski definition) is 3. The van der Waals surface area contributed by atoms with E-state index in [0.717, 1.165) is 18.5 Å². The van der Waals surface area contributed by atoms with Crippen molar-refractivity contribution in [3.8, 4) is 11.5 Å². The third-order valence-electron chi connectivity index (χ3n) is 3.45. The van der Waals surface area contributed by atoms with Crippen LogP contribution in [0.25, 0.3) is 0 Å². The molecule has 21 heavy (non-hydrogen) atoms. The topological polar surface area (TPSA) is 21.7 Å². The Morgan fingerprint density at radius 2 is 1.71 bits per heavy atom. The first-order valence-electron chi connectivity index (χ1n) is 6.82. The Labute approximate surface area is 124 Å². The van der Waals surface area contributed by atoms with Crippen LogP contribution in [0.1, 0.15) is 5.56 Å². The molecule has 112 valence electrons. The largest absolute Gasteiger partial charge is 0.493 e. The summed E-state index contributed by atoms with van der Waals surface area (Å²) < 4.78 is 24.2. The fourth-order valence-electron chi connectivity index (χ4n) is 2.21. The van der Waals surface area contributed by atoms with Crippen LogP contribution in [-0.4, -0.2) is 27.8 Å². The molecule has 0 spiro atoms. The molecule has 2 rings (SSSR count). The molecule has 0 N–H and O–H groups in total. The highest BCUT2D eigenvalue weighted by molar-refractivity contribution is 5.47. The third kappa shape index (κ3) is 3.66. The standard InChI is InChI=1S/C17H20FNO2/c1-19(15-7-5-4-6-14(15)18)11-10-13-8-9-16(20-2)17(12-13)21-3/h4-9,12H,10-11H2,1-3H3. The van der Waals surface area contributed by atoms with Crippen LogP contribution in [0.3, 0.4) is 0 Å². The van der Waals surface area contributed by atoms with Crippen molar-refractivity contribution in [3.05, 3.63) is 53.8 Å². The fraction of sp³-hybridized carbons (Fsp3) is 0.294. The highest BCUT2D eigenvalue weighted by Gasteiger charge is 2.08. The van der Waals surface area contributed by atoms with Gasteiger partial charge in [0.05, 0.1) is 19.9 Å². The molecule has 0 saturated heterocycles. The summed E-state index contributed by atoms with van der Waals surface area (Å²) in [5, 5.41) is 0. The molecule has 2 aromatic carbocycles. The van der Waals surface area contributed by atoms with E-state index < -0.39 is 0 Å². The molecule has 0 unspecified atom stereocenters. The average Bonchev–Trinajstić information content (AvgIpc) is 2.52. The van der Waals surface area contributed by atoms with E-state index in [1.54, 1.807) is 26.4 Å². The van der Waals surface area contributed by atoms with Crippen molar-refractivity contribution in [2.45, 2.75) is 6.42 Å². The van der Waals surface area contributed by atoms with E-state index in [9.17, 15) is 4.39 Å². The van der Waals surface area contributed by atoms with Crippen molar-refractivity contribution in [3.63, 3.8) is 0 Å². The van der Waals surface area contributed by atoms with Gasteiger partial charge in [0, 0.05) is 13.6 Å². The Balaban J connectivity index is 2.04. The summed E-state index contributed by atoms with van der Waals surface area (Å²) in [5.74, 6) is 1.22.